The molecule has 0 atom stereocenters. The Labute approximate surface area is 168 Å². The lowest BCUT2D eigenvalue weighted by molar-refractivity contribution is -0.146. The van der Waals surface area contributed by atoms with Crippen LogP contribution in [0.15, 0.2) is 72.0 Å². The summed E-state index contributed by atoms with van der Waals surface area (Å²) >= 11 is 1.07. The van der Waals surface area contributed by atoms with Crippen molar-refractivity contribution in [3.05, 3.63) is 78.2 Å². The van der Waals surface area contributed by atoms with Crippen LogP contribution in [0, 0.1) is 0 Å². The second kappa shape index (κ2) is 7.63. The van der Waals surface area contributed by atoms with Gasteiger partial charge in [0.2, 0.25) is 5.16 Å². The Balaban J connectivity index is 1.66. The highest BCUT2D eigenvalue weighted by Gasteiger charge is 2.38. The number of halogens is 3. The molecule has 0 aliphatic heterocycles. The van der Waals surface area contributed by atoms with Gasteiger partial charge >= 0.3 is 6.18 Å². The van der Waals surface area contributed by atoms with Crippen LogP contribution < -0.4 is 5.84 Å². The normalized spacial score (nSPS) is 11.7. The van der Waals surface area contributed by atoms with Gasteiger partial charge in [0.1, 0.15) is 0 Å². The molecule has 29 heavy (non-hydrogen) atoms. The third-order valence-corrected chi connectivity index (χ3v) is 5.12. The van der Waals surface area contributed by atoms with Gasteiger partial charge in [-0.25, -0.2) is 9.36 Å². The van der Waals surface area contributed by atoms with Crippen LogP contribution in [0.2, 0.25) is 0 Å². The molecule has 4 aromatic rings. The van der Waals surface area contributed by atoms with E-state index in [2.05, 4.69) is 15.3 Å². The number of alkyl halides is 3. The van der Waals surface area contributed by atoms with Crippen molar-refractivity contribution in [1.82, 2.24) is 24.7 Å². The van der Waals surface area contributed by atoms with Crippen molar-refractivity contribution in [2.45, 2.75) is 17.1 Å². The monoisotopic (exact) mass is 416 g/mol. The maximum Gasteiger partial charge on any atom is 0.453 e. The van der Waals surface area contributed by atoms with Crippen LogP contribution in [-0.4, -0.2) is 24.7 Å². The Hall–Kier alpha value is -3.27. The molecule has 0 saturated carbocycles. The predicted octanol–water partition coefficient (Wildman–Crippen LogP) is 4.16. The van der Waals surface area contributed by atoms with Gasteiger partial charge in [0, 0.05) is 23.1 Å². The van der Waals surface area contributed by atoms with E-state index in [4.69, 9.17) is 5.84 Å². The minimum absolute atomic E-state index is 0.0243. The summed E-state index contributed by atoms with van der Waals surface area (Å²) in [5.41, 5.74) is 3.35. The second-order valence-electron chi connectivity index (χ2n) is 6.11. The van der Waals surface area contributed by atoms with Crippen molar-refractivity contribution in [1.29, 1.82) is 0 Å². The summed E-state index contributed by atoms with van der Waals surface area (Å²) in [6, 6.07) is 19.1. The van der Waals surface area contributed by atoms with Gasteiger partial charge < -0.3 is 5.84 Å². The van der Waals surface area contributed by atoms with Gasteiger partial charge in [-0.15, -0.1) is 10.2 Å². The van der Waals surface area contributed by atoms with Crippen molar-refractivity contribution in [2.24, 2.45) is 0 Å². The predicted molar refractivity (Wildman–Crippen MR) is 104 cm³/mol. The van der Waals surface area contributed by atoms with Gasteiger partial charge in [0.25, 0.3) is 5.82 Å². The molecule has 6 nitrogen and oxygen atoms in total. The molecule has 4 rings (SSSR count). The number of para-hydroxylation sites is 1. The van der Waals surface area contributed by atoms with Gasteiger partial charge in [-0.2, -0.15) is 18.3 Å². The first-order chi connectivity index (χ1) is 13.9. The van der Waals surface area contributed by atoms with Crippen molar-refractivity contribution >= 4 is 11.8 Å². The molecule has 148 valence electrons. The van der Waals surface area contributed by atoms with E-state index in [9.17, 15) is 13.2 Å². The second-order valence-corrected chi connectivity index (χ2v) is 7.05. The minimum Gasteiger partial charge on any atom is -0.335 e. The molecule has 0 unspecified atom stereocenters. The Kier molecular flexibility index (Phi) is 5.01. The molecular formula is C19H15F3N6S. The maximum atomic E-state index is 12.9. The van der Waals surface area contributed by atoms with Gasteiger partial charge in [-0.1, -0.05) is 60.3 Å². The first-order valence-electron chi connectivity index (χ1n) is 8.53. The van der Waals surface area contributed by atoms with E-state index in [1.807, 2.05) is 66.9 Å². The zero-order valence-electron chi connectivity index (χ0n) is 14.9. The van der Waals surface area contributed by atoms with E-state index >= 15 is 0 Å². The zero-order chi connectivity index (χ0) is 20.4. The number of hydrogen-bond acceptors (Lipinski definition) is 5. The average molecular weight is 416 g/mol. The van der Waals surface area contributed by atoms with Gasteiger partial charge in [0.05, 0.1) is 11.4 Å². The number of hydrogen-bond donors (Lipinski definition) is 1. The molecule has 0 aliphatic carbocycles. The summed E-state index contributed by atoms with van der Waals surface area (Å²) in [5, 5.41) is 11.4. The van der Waals surface area contributed by atoms with Crippen LogP contribution in [0.3, 0.4) is 0 Å². The molecule has 0 spiro atoms. The maximum absolute atomic E-state index is 12.9. The van der Waals surface area contributed by atoms with Crippen molar-refractivity contribution < 1.29 is 13.2 Å². The fraction of sp³-hybridized carbons (Fsp3) is 0.105. The number of rotatable bonds is 5. The van der Waals surface area contributed by atoms with Crippen LogP contribution in [0.25, 0.3) is 16.9 Å². The van der Waals surface area contributed by atoms with E-state index in [0.717, 1.165) is 34.3 Å². The highest BCUT2D eigenvalue weighted by atomic mass is 32.2. The van der Waals surface area contributed by atoms with E-state index in [1.165, 1.54) is 0 Å². The SMILES string of the molecule is Nn1c(SCc2cn(-c3ccccc3)nc2-c2ccccc2)nnc1C(F)(F)F. The molecule has 2 aromatic carbocycles. The molecule has 2 aromatic heterocycles. The number of nitrogens with two attached hydrogens (primary N) is 1. The number of thioether (sulfide) groups is 1. The fourth-order valence-electron chi connectivity index (χ4n) is 2.78. The van der Waals surface area contributed by atoms with Crippen LogP contribution in [0.4, 0.5) is 13.2 Å². The Morgan fingerprint density at radius 2 is 1.59 bits per heavy atom. The Morgan fingerprint density at radius 1 is 0.931 bits per heavy atom. The molecule has 0 amide bonds. The summed E-state index contributed by atoms with van der Waals surface area (Å²) in [7, 11) is 0. The molecular weight excluding hydrogens is 401 g/mol. The molecule has 10 heteroatoms. The number of nitrogen functional groups attached to an aromatic ring is 1. The van der Waals surface area contributed by atoms with Crippen LogP contribution in [-0.2, 0) is 11.9 Å². The standard InChI is InChI=1S/C19H15F3N6S/c20-19(21,22)17-24-25-18(28(17)23)29-12-14-11-27(15-9-5-2-6-10-15)26-16(14)13-7-3-1-4-8-13/h1-11H,12,23H2. The van der Waals surface area contributed by atoms with Crippen molar-refractivity contribution in [3.8, 4) is 16.9 Å². The molecule has 0 fully saturated rings. The topological polar surface area (TPSA) is 74.5 Å². The first kappa shape index (κ1) is 19.1. The number of nitrogens with zero attached hydrogens (tertiary/aromatic N) is 5. The summed E-state index contributed by atoms with van der Waals surface area (Å²) < 4.78 is 40.8. The number of benzene rings is 2. The van der Waals surface area contributed by atoms with Crippen LogP contribution in [0.1, 0.15) is 11.4 Å². The first-order valence-corrected chi connectivity index (χ1v) is 9.52. The van der Waals surface area contributed by atoms with E-state index < -0.39 is 12.0 Å². The molecule has 2 heterocycles. The lowest BCUT2D eigenvalue weighted by Crippen LogP contribution is -2.21. The highest BCUT2D eigenvalue weighted by molar-refractivity contribution is 7.98. The lowest BCUT2D eigenvalue weighted by atomic mass is 10.1. The largest absolute Gasteiger partial charge is 0.453 e. The summed E-state index contributed by atoms with van der Waals surface area (Å²) in [5.74, 6) is 4.62. The summed E-state index contributed by atoms with van der Waals surface area (Å²) in [6.07, 6.45) is -2.81. The van der Waals surface area contributed by atoms with Gasteiger partial charge in [-0.05, 0) is 12.1 Å². The lowest BCUT2D eigenvalue weighted by Gasteiger charge is -2.06. The third-order valence-electron chi connectivity index (χ3n) is 4.13. The van der Waals surface area contributed by atoms with Crippen LogP contribution >= 0.6 is 11.8 Å². The minimum atomic E-state index is -4.66. The Morgan fingerprint density at radius 3 is 2.21 bits per heavy atom. The molecule has 0 radical (unpaired) electrons. The van der Waals surface area contributed by atoms with E-state index in [1.54, 1.807) is 4.68 Å². The fourth-order valence-corrected chi connectivity index (χ4v) is 3.60. The van der Waals surface area contributed by atoms with Crippen LogP contribution in [0.5, 0.6) is 0 Å². The van der Waals surface area contributed by atoms with Crippen molar-refractivity contribution in [2.75, 3.05) is 5.84 Å². The van der Waals surface area contributed by atoms with Gasteiger partial charge in [-0.3, -0.25) is 0 Å². The number of aromatic nitrogens is 5. The Bertz CT molecular complexity index is 1110. The average Bonchev–Trinajstić information content (AvgIpc) is 3.31. The smallest absolute Gasteiger partial charge is 0.335 e. The van der Waals surface area contributed by atoms with Crippen molar-refractivity contribution in [3.63, 3.8) is 0 Å². The third kappa shape index (κ3) is 3.97. The molecule has 0 bridgehead atoms. The van der Waals surface area contributed by atoms with E-state index in [0.29, 0.717) is 10.4 Å². The van der Waals surface area contributed by atoms with E-state index in [-0.39, 0.29) is 5.16 Å². The molecule has 0 saturated heterocycles. The quantitative estimate of drug-likeness (QED) is 0.391. The molecule has 2 N–H and O–H groups in total. The summed E-state index contributed by atoms with van der Waals surface area (Å²) in [4.78, 5) is 0. The zero-order valence-corrected chi connectivity index (χ0v) is 15.7. The summed E-state index contributed by atoms with van der Waals surface area (Å²) in [6.45, 7) is 0. The highest BCUT2D eigenvalue weighted by Crippen LogP contribution is 2.32. The molecule has 0 aliphatic rings. The van der Waals surface area contributed by atoms with Gasteiger partial charge in [0.15, 0.2) is 0 Å².